The van der Waals surface area contributed by atoms with Crippen LogP contribution in [0.3, 0.4) is 0 Å². The van der Waals surface area contributed by atoms with Crippen molar-refractivity contribution in [3.8, 4) is 0 Å². The molecule has 0 amide bonds. The number of nitrogens with one attached hydrogen (secondary N) is 1. The molecule has 1 aromatic rings. The van der Waals surface area contributed by atoms with E-state index in [-0.39, 0.29) is 11.1 Å². The van der Waals surface area contributed by atoms with E-state index in [2.05, 4.69) is 24.1 Å². The van der Waals surface area contributed by atoms with E-state index in [0.29, 0.717) is 12.1 Å². The van der Waals surface area contributed by atoms with Gasteiger partial charge in [-0.15, -0.1) is 0 Å². The quantitative estimate of drug-likeness (QED) is 0.882. The number of hydrogen-bond donors (Lipinski definition) is 1. The summed E-state index contributed by atoms with van der Waals surface area (Å²) in [5.74, 6) is 0. The highest BCUT2D eigenvalue weighted by Crippen LogP contribution is 2.34. The number of alkyl halides is 2. The number of rotatable bonds is 2. The number of anilines is 1. The Morgan fingerprint density at radius 1 is 1.14 bits per heavy atom. The molecule has 1 aromatic carbocycles. The van der Waals surface area contributed by atoms with Crippen molar-refractivity contribution in [2.45, 2.75) is 63.6 Å². The van der Waals surface area contributed by atoms with Crippen molar-refractivity contribution < 1.29 is 8.78 Å². The topological polar surface area (TPSA) is 15.3 Å². The maximum absolute atomic E-state index is 12.7. The number of nitrogens with zero attached hydrogens (tertiary/aromatic N) is 1. The van der Waals surface area contributed by atoms with Crippen LogP contribution >= 0.6 is 0 Å². The van der Waals surface area contributed by atoms with Crippen molar-refractivity contribution >= 4 is 5.69 Å². The molecule has 0 bridgehead atoms. The van der Waals surface area contributed by atoms with E-state index in [1.165, 1.54) is 25.7 Å². The molecule has 1 saturated carbocycles. The van der Waals surface area contributed by atoms with Crippen LogP contribution < -0.4 is 10.2 Å². The molecule has 2 atom stereocenters. The van der Waals surface area contributed by atoms with Crippen molar-refractivity contribution in [2.75, 3.05) is 11.4 Å². The summed E-state index contributed by atoms with van der Waals surface area (Å²) in [6.45, 7) is 5.36. The molecule has 4 heteroatoms. The van der Waals surface area contributed by atoms with Gasteiger partial charge in [-0.1, -0.05) is 25.0 Å². The van der Waals surface area contributed by atoms with Gasteiger partial charge >= 0.3 is 0 Å². The smallest absolute Gasteiger partial charge is 0.263 e. The van der Waals surface area contributed by atoms with Gasteiger partial charge in [-0.25, -0.2) is 8.78 Å². The average Bonchev–Trinajstić information content (AvgIpc) is 2.45. The van der Waals surface area contributed by atoms with E-state index in [1.807, 2.05) is 12.1 Å². The maximum Gasteiger partial charge on any atom is 0.263 e. The van der Waals surface area contributed by atoms with Gasteiger partial charge < -0.3 is 10.2 Å². The lowest BCUT2D eigenvalue weighted by Gasteiger charge is -2.52. The number of hydrogen-bond acceptors (Lipinski definition) is 2. The number of piperazine rings is 1. The third-order valence-corrected chi connectivity index (χ3v) is 4.75. The largest absolute Gasteiger partial charge is 0.365 e. The Morgan fingerprint density at radius 2 is 1.81 bits per heavy atom. The summed E-state index contributed by atoms with van der Waals surface area (Å²) in [6, 6.07) is 7.84. The van der Waals surface area contributed by atoms with Gasteiger partial charge in [-0.3, -0.25) is 0 Å². The first-order valence-electron chi connectivity index (χ1n) is 7.89. The van der Waals surface area contributed by atoms with Crippen LogP contribution in [0.25, 0.3) is 0 Å². The zero-order valence-corrected chi connectivity index (χ0v) is 12.8. The summed E-state index contributed by atoms with van der Waals surface area (Å²) in [4.78, 5) is 2.43. The highest BCUT2D eigenvalue weighted by atomic mass is 19.3. The molecule has 1 N–H and O–H groups in total. The predicted molar refractivity (Wildman–Crippen MR) is 82.0 cm³/mol. The lowest BCUT2D eigenvalue weighted by atomic mass is 9.83. The van der Waals surface area contributed by atoms with E-state index < -0.39 is 6.43 Å². The Morgan fingerprint density at radius 3 is 2.48 bits per heavy atom. The van der Waals surface area contributed by atoms with Gasteiger partial charge in [0.1, 0.15) is 0 Å². The minimum Gasteiger partial charge on any atom is -0.365 e. The fraction of sp³-hybridized carbons (Fsp3) is 0.647. The zero-order chi connectivity index (χ0) is 15.0. The van der Waals surface area contributed by atoms with Crippen LogP contribution in [0.2, 0.25) is 0 Å². The summed E-state index contributed by atoms with van der Waals surface area (Å²) >= 11 is 0. The van der Waals surface area contributed by atoms with Crippen molar-refractivity contribution in [3.05, 3.63) is 29.8 Å². The Balaban J connectivity index is 1.86. The molecule has 1 aliphatic heterocycles. The fourth-order valence-electron chi connectivity index (χ4n) is 3.84. The Bertz CT molecular complexity index is 484. The van der Waals surface area contributed by atoms with Crippen LogP contribution in [-0.4, -0.2) is 24.2 Å². The molecule has 2 aliphatic rings. The first kappa shape index (κ1) is 14.8. The minimum absolute atomic E-state index is 0.0554. The second-order valence-electron chi connectivity index (χ2n) is 7.01. The Labute approximate surface area is 125 Å². The molecular weight excluding hydrogens is 270 g/mol. The van der Waals surface area contributed by atoms with Crippen LogP contribution in [0, 0.1) is 0 Å². The van der Waals surface area contributed by atoms with Crippen LogP contribution in [0.1, 0.15) is 51.5 Å². The Hall–Kier alpha value is -1.16. The number of benzene rings is 1. The maximum atomic E-state index is 12.7. The van der Waals surface area contributed by atoms with Crippen LogP contribution in [0.15, 0.2) is 24.3 Å². The summed E-state index contributed by atoms with van der Waals surface area (Å²) in [5, 5.41) is 3.76. The highest BCUT2D eigenvalue weighted by Gasteiger charge is 2.40. The minimum atomic E-state index is -2.39. The van der Waals surface area contributed by atoms with E-state index in [9.17, 15) is 8.78 Å². The Kier molecular flexibility index (Phi) is 3.91. The van der Waals surface area contributed by atoms with Gasteiger partial charge in [0.15, 0.2) is 0 Å². The monoisotopic (exact) mass is 294 g/mol. The zero-order valence-electron chi connectivity index (χ0n) is 12.8. The molecule has 1 saturated heterocycles. The second kappa shape index (κ2) is 5.56. The van der Waals surface area contributed by atoms with Gasteiger partial charge in [0, 0.05) is 35.4 Å². The van der Waals surface area contributed by atoms with Gasteiger partial charge in [0.2, 0.25) is 0 Å². The van der Waals surface area contributed by atoms with Gasteiger partial charge in [0.05, 0.1) is 0 Å². The van der Waals surface area contributed by atoms with E-state index in [0.717, 1.165) is 12.2 Å². The van der Waals surface area contributed by atoms with E-state index >= 15 is 0 Å². The van der Waals surface area contributed by atoms with Gasteiger partial charge in [-0.2, -0.15) is 0 Å². The fourth-order valence-corrected chi connectivity index (χ4v) is 3.84. The number of fused-ring (bicyclic) bond motifs is 1. The highest BCUT2D eigenvalue weighted by molar-refractivity contribution is 5.50. The predicted octanol–water partition coefficient (Wildman–Crippen LogP) is 4.12. The van der Waals surface area contributed by atoms with Crippen molar-refractivity contribution in [3.63, 3.8) is 0 Å². The molecule has 1 heterocycles. The first-order chi connectivity index (χ1) is 9.96. The van der Waals surface area contributed by atoms with Crippen molar-refractivity contribution in [1.82, 2.24) is 5.32 Å². The second-order valence-corrected chi connectivity index (χ2v) is 7.01. The van der Waals surface area contributed by atoms with Crippen LogP contribution in [-0.2, 0) is 0 Å². The first-order valence-corrected chi connectivity index (χ1v) is 7.89. The molecule has 1 unspecified atom stereocenters. The lowest BCUT2D eigenvalue weighted by molar-refractivity contribution is 0.151. The molecule has 2 nitrogen and oxygen atoms in total. The molecule has 0 radical (unpaired) electrons. The third kappa shape index (κ3) is 3.05. The molecule has 0 aromatic heterocycles. The van der Waals surface area contributed by atoms with Gasteiger partial charge in [0.25, 0.3) is 6.43 Å². The van der Waals surface area contributed by atoms with Crippen molar-refractivity contribution in [2.24, 2.45) is 0 Å². The third-order valence-electron chi connectivity index (χ3n) is 4.75. The molecule has 1 aliphatic carbocycles. The van der Waals surface area contributed by atoms with E-state index in [1.54, 1.807) is 12.1 Å². The summed E-state index contributed by atoms with van der Waals surface area (Å²) in [5.41, 5.74) is 1.24. The molecule has 0 spiro atoms. The molecule has 116 valence electrons. The molecule has 2 fully saturated rings. The standard InChI is InChI=1S/C17H24F2N2/c1-17(2)11-21(15-6-4-3-5-14(15)20-17)13-9-7-12(8-10-13)16(18)19/h7-10,14-16,20H,3-6,11H2,1-2H3/t14-,15?/m0/s1. The lowest BCUT2D eigenvalue weighted by Crippen LogP contribution is -2.67. The summed E-state index contributed by atoms with van der Waals surface area (Å²) in [6.07, 6.45) is 2.54. The summed E-state index contributed by atoms with van der Waals surface area (Å²) < 4.78 is 25.4. The normalized spacial score (nSPS) is 28.5. The van der Waals surface area contributed by atoms with Crippen LogP contribution in [0.4, 0.5) is 14.5 Å². The molecule has 21 heavy (non-hydrogen) atoms. The SMILES string of the molecule is CC1(C)CN(c2ccc(C(F)F)cc2)C2CCCC[C@@H]2N1. The van der Waals surface area contributed by atoms with Crippen LogP contribution in [0.5, 0.6) is 0 Å². The summed E-state index contributed by atoms with van der Waals surface area (Å²) in [7, 11) is 0. The van der Waals surface area contributed by atoms with Gasteiger partial charge in [-0.05, 0) is 38.8 Å². The number of halogens is 2. The van der Waals surface area contributed by atoms with Crippen molar-refractivity contribution in [1.29, 1.82) is 0 Å². The van der Waals surface area contributed by atoms with E-state index in [4.69, 9.17) is 0 Å². The molecule has 3 rings (SSSR count). The molecular formula is C17H24F2N2. The average molecular weight is 294 g/mol.